The van der Waals surface area contributed by atoms with Crippen LogP contribution in [0.15, 0.2) is 48.5 Å². The van der Waals surface area contributed by atoms with E-state index in [4.69, 9.17) is 9.47 Å². The van der Waals surface area contributed by atoms with Crippen LogP contribution >= 0.6 is 12.4 Å². The lowest BCUT2D eigenvalue weighted by atomic mass is 10.1. The molecule has 4 nitrogen and oxygen atoms in total. The van der Waals surface area contributed by atoms with Gasteiger partial charge in [0.15, 0.2) is 17.3 Å². The summed E-state index contributed by atoms with van der Waals surface area (Å²) in [4.78, 5) is 14.2. The molecule has 2 aromatic carbocycles. The maximum Gasteiger partial charge on any atom is 0.162 e. The zero-order valence-electron chi connectivity index (χ0n) is 15.8. The molecule has 0 saturated carbocycles. The van der Waals surface area contributed by atoms with Crippen LogP contribution in [0.5, 0.6) is 11.5 Å². The fraction of sp³-hybridized carbons (Fsp3) is 0.381. The summed E-state index contributed by atoms with van der Waals surface area (Å²) >= 11 is 0. The van der Waals surface area contributed by atoms with E-state index in [9.17, 15) is 9.18 Å². The Hall–Kier alpha value is -2.11. The lowest BCUT2D eigenvalue weighted by Gasteiger charge is -2.17. The Kier molecular flexibility index (Phi) is 10.5. The van der Waals surface area contributed by atoms with Crippen molar-refractivity contribution < 1.29 is 18.7 Å². The first kappa shape index (κ1) is 22.9. The molecular weight excluding hydrogens is 369 g/mol. The quantitative estimate of drug-likeness (QED) is 0.520. The number of rotatable bonds is 11. The van der Waals surface area contributed by atoms with E-state index in [1.54, 1.807) is 0 Å². The highest BCUT2D eigenvalue weighted by Gasteiger charge is 2.08. The number of carbonyl (C=O) groups is 1. The minimum Gasteiger partial charge on any atom is -0.490 e. The molecular formula is C21H27ClFNO3. The van der Waals surface area contributed by atoms with Crippen LogP contribution in [0.2, 0.25) is 0 Å². The van der Waals surface area contributed by atoms with Crippen LogP contribution in [0.4, 0.5) is 4.39 Å². The van der Waals surface area contributed by atoms with E-state index in [2.05, 4.69) is 4.90 Å². The molecule has 0 bridgehead atoms. The first-order valence-electron chi connectivity index (χ1n) is 8.92. The van der Waals surface area contributed by atoms with Gasteiger partial charge in [0.05, 0.1) is 6.61 Å². The van der Waals surface area contributed by atoms with Crippen LogP contribution in [-0.4, -0.2) is 44.0 Å². The Bertz CT molecular complexity index is 694. The summed E-state index contributed by atoms with van der Waals surface area (Å²) in [5.41, 5.74) is 0.560. The van der Waals surface area contributed by atoms with E-state index in [1.165, 1.54) is 24.3 Å². The predicted octanol–water partition coefficient (Wildman–Crippen LogP) is 4.62. The highest BCUT2D eigenvalue weighted by Crippen LogP contribution is 2.26. The first-order valence-corrected chi connectivity index (χ1v) is 8.92. The van der Waals surface area contributed by atoms with Gasteiger partial charge < -0.3 is 14.4 Å². The van der Waals surface area contributed by atoms with Crippen LogP contribution in [0.3, 0.4) is 0 Å². The molecule has 2 rings (SSSR count). The molecule has 0 aliphatic rings. The monoisotopic (exact) mass is 395 g/mol. The average molecular weight is 396 g/mol. The molecule has 0 spiro atoms. The van der Waals surface area contributed by atoms with Gasteiger partial charge in [0.2, 0.25) is 0 Å². The van der Waals surface area contributed by atoms with E-state index in [0.717, 1.165) is 31.0 Å². The second kappa shape index (κ2) is 12.3. The molecule has 148 valence electrons. The van der Waals surface area contributed by atoms with Crippen molar-refractivity contribution >= 4 is 18.2 Å². The normalized spacial score (nSPS) is 10.4. The van der Waals surface area contributed by atoms with Crippen LogP contribution in [0, 0.1) is 5.82 Å². The highest BCUT2D eigenvalue weighted by atomic mass is 35.5. The van der Waals surface area contributed by atoms with Gasteiger partial charge in [-0.3, -0.25) is 4.79 Å². The molecule has 2 aromatic rings. The number of likely N-dealkylation sites (N-methyl/N-ethyl adjacent to an activating group) is 1. The molecule has 0 radical (unpaired) electrons. The highest BCUT2D eigenvalue weighted by molar-refractivity contribution is 5.95. The summed E-state index contributed by atoms with van der Waals surface area (Å²) in [5.74, 6) is 1.21. The van der Waals surface area contributed by atoms with Gasteiger partial charge in [0.1, 0.15) is 12.4 Å². The summed E-state index contributed by atoms with van der Waals surface area (Å²) in [6.45, 7) is 4.64. The van der Waals surface area contributed by atoms with Crippen molar-refractivity contribution in [3.05, 3.63) is 59.9 Å². The van der Waals surface area contributed by atoms with Crippen LogP contribution in [-0.2, 0) is 0 Å². The maximum absolute atomic E-state index is 12.9. The molecule has 0 aromatic heterocycles. The Morgan fingerprint density at radius 3 is 2.26 bits per heavy atom. The lowest BCUT2D eigenvalue weighted by molar-refractivity contribution is 0.0975. The van der Waals surface area contributed by atoms with Crippen LogP contribution < -0.4 is 9.47 Å². The number of benzene rings is 2. The molecule has 0 heterocycles. The molecule has 0 N–H and O–H groups in total. The Balaban J connectivity index is 0.00000364. The van der Waals surface area contributed by atoms with E-state index in [1.807, 2.05) is 38.2 Å². The summed E-state index contributed by atoms with van der Waals surface area (Å²) in [6, 6.07) is 13.3. The third-order valence-electron chi connectivity index (χ3n) is 3.99. The largest absolute Gasteiger partial charge is 0.490 e. The van der Waals surface area contributed by atoms with Crippen LogP contribution in [0.1, 0.15) is 30.1 Å². The number of Topliss-reactive ketones (excluding diaryl/α,β-unsaturated/α-hetero) is 1. The third-order valence-corrected chi connectivity index (χ3v) is 3.99. The molecule has 0 amide bonds. The van der Waals surface area contributed by atoms with Gasteiger partial charge in [-0.2, -0.15) is 0 Å². The summed E-state index contributed by atoms with van der Waals surface area (Å²) in [5, 5.41) is 0. The molecule has 27 heavy (non-hydrogen) atoms. The van der Waals surface area contributed by atoms with Crippen molar-refractivity contribution in [2.24, 2.45) is 0 Å². The maximum atomic E-state index is 12.9. The van der Waals surface area contributed by atoms with Gasteiger partial charge >= 0.3 is 0 Å². The summed E-state index contributed by atoms with van der Waals surface area (Å²) in [6.07, 6.45) is 1.20. The fourth-order valence-corrected chi connectivity index (χ4v) is 2.56. The van der Waals surface area contributed by atoms with E-state index in [0.29, 0.717) is 25.2 Å². The topological polar surface area (TPSA) is 38.8 Å². The van der Waals surface area contributed by atoms with Gasteiger partial charge in [-0.05, 0) is 63.3 Å². The standard InChI is InChI=1S/C21H26FNO3.ClH/c1-3-25-20-8-4-5-9-21(20)26-16-15-23(2)14-6-7-19(24)17-10-12-18(22)13-11-17;/h4-5,8-13H,3,6-7,14-16H2,1-2H3;1H. The second-order valence-corrected chi connectivity index (χ2v) is 6.07. The average Bonchev–Trinajstić information content (AvgIpc) is 2.64. The number of para-hydroxylation sites is 2. The zero-order valence-corrected chi connectivity index (χ0v) is 16.6. The molecule has 0 atom stereocenters. The van der Waals surface area contributed by atoms with Gasteiger partial charge in [0, 0.05) is 18.5 Å². The summed E-state index contributed by atoms with van der Waals surface area (Å²) in [7, 11) is 2.00. The minimum atomic E-state index is -0.327. The number of carbonyl (C=O) groups excluding carboxylic acids is 1. The molecule has 0 unspecified atom stereocenters. The van der Waals surface area contributed by atoms with E-state index in [-0.39, 0.29) is 24.0 Å². The van der Waals surface area contributed by atoms with Crippen molar-refractivity contribution in [3.63, 3.8) is 0 Å². The number of hydrogen-bond acceptors (Lipinski definition) is 4. The Morgan fingerprint density at radius 2 is 1.63 bits per heavy atom. The summed E-state index contributed by atoms with van der Waals surface area (Å²) < 4.78 is 24.2. The number of halogens is 2. The molecule has 0 aliphatic heterocycles. The van der Waals surface area contributed by atoms with Gasteiger partial charge in [0.25, 0.3) is 0 Å². The first-order chi connectivity index (χ1) is 12.6. The zero-order chi connectivity index (χ0) is 18.8. The fourth-order valence-electron chi connectivity index (χ4n) is 2.56. The van der Waals surface area contributed by atoms with Crippen molar-refractivity contribution in [3.8, 4) is 11.5 Å². The minimum absolute atomic E-state index is 0. The Labute approximate surface area is 166 Å². The van der Waals surface area contributed by atoms with Crippen LogP contribution in [0.25, 0.3) is 0 Å². The van der Waals surface area contributed by atoms with Crippen molar-refractivity contribution in [1.29, 1.82) is 0 Å². The molecule has 0 aliphatic carbocycles. The molecule has 0 fully saturated rings. The number of ether oxygens (including phenoxy) is 2. The van der Waals surface area contributed by atoms with Gasteiger partial charge in [-0.1, -0.05) is 12.1 Å². The predicted molar refractivity (Wildman–Crippen MR) is 108 cm³/mol. The van der Waals surface area contributed by atoms with E-state index >= 15 is 0 Å². The molecule has 6 heteroatoms. The van der Waals surface area contributed by atoms with Gasteiger partial charge in [-0.25, -0.2) is 4.39 Å². The SMILES string of the molecule is CCOc1ccccc1OCCN(C)CCCC(=O)c1ccc(F)cc1.Cl. The van der Waals surface area contributed by atoms with Crippen molar-refractivity contribution in [2.75, 3.05) is 33.4 Å². The number of nitrogens with zero attached hydrogens (tertiary/aromatic N) is 1. The Morgan fingerprint density at radius 1 is 1.00 bits per heavy atom. The number of ketones is 1. The van der Waals surface area contributed by atoms with E-state index < -0.39 is 0 Å². The third kappa shape index (κ3) is 7.97. The number of hydrogen-bond donors (Lipinski definition) is 0. The van der Waals surface area contributed by atoms with Crippen molar-refractivity contribution in [1.82, 2.24) is 4.90 Å². The second-order valence-electron chi connectivity index (χ2n) is 6.07. The van der Waals surface area contributed by atoms with Crippen molar-refractivity contribution in [2.45, 2.75) is 19.8 Å². The molecule has 0 saturated heterocycles. The smallest absolute Gasteiger partial charge is 0.162 e. The lowest BCUT2D eigenvalue weighted by Crippen LogP contribution is -2.25. The van der Waals surface area contributed by atoms with Gasteiger partial charge in [-0.15, -0.1) is 12.4 Å².